The van der Waals surface area contributed by atoms with Crippen molar-refractivity contribution in [2.75, 3.05) is 0 Å². The quantitative estimate of drug-likeness (QED) is 0.558. The van der Waals surface area contributed by atoms with Gasteiger partial charge in [-0.05, 0) is 26.0 Å². The lowest BCUT2D eigenvalue weighted by molar-refractivity contribution is 0.509. The predicted octanol–water partition coefficient (Wildman–Crippen LogP) is 2.70. The van der Waals surface area contributed by atoms with Gasteiger partial charge in [0, 0.05) is 29.6 Å². The molecule has 3 aromatic rings. The summed E-state index contributed by atoms with van der Waals surface area (Å²) in [6, 6.07) is 10.1. The maximum Gasteiger partial charge on any atom is 0.134 e. The third-order valence-electron chi connectivity index (χ3n) is 3.79. The van der Waals surface area contributed by atoms with Gasteiger partial charge in [0.25, 0.3) is 0 Å². The molecule has 5 heteroatoms. The molecule has 1 atom stereocenters. The second kappa shape index (κ2) is 5.71. The summed E-state index contributed by atoms with van der Waals surface area (Å²) in [5.74, 6) is 5.78. The van der Waals surface area contributed by atoms with Crippen molar-refractivity contribution in [1.82, 2.24) is 15.2 Å². The van der Waals surface area contributed by atoms with Crippen LogP contribution in [0.1, 0.15) is 29.9 Å². The third-order valence-corrected chi connectivity index (χ3v) is 3.79. The Balaban J connectivity index is 1.95. The highest BCUT2D eigenvalue weighted by Crippen LogP contribution is 2.28. The second-order valence-corrected chi connectivity index (χ2v) is 5.20. The zero-order valence-corrected chi connectivity index (χ0v) is 12.3. The van der Waals surface area contributed by atoms with Gasteiger partial charge in [-0.2, -0.15) is 5.10 Å². The molecule has 5 nitrogen and oxygen atoms in total. The van der Waals surface area contributed by atoms with Crippen LogP contribution in [0, 0.1) is 6.92 Å². The molecule has 21 heavy (non-hydrogen) atoms. The molecule has 0 saturated carbocycles. The van der Waals surface area contributed by atoms with Gasteiger partial charge in [0.2, 0.25) is 0 Å². The van der Waals surface area contributed by atoms with E-state index in [1.165, 1.54) is 5.69 Å². The first-order valence-electron chi connectivity index (χ1n) is 7.18. The van der Waals surface area contributed by atoms with E-state index in [4.69, 9.17) is 10.3 Å². The molecule has 0 aliphatic rings. The van der Waals surface area contributed by atoms with E-state index in [0.29, 0.717) is 0 Å². The Morgan fingerprint density at radius 1 is 1.38 bits per heavy atom. The first-order valence-corrected chi connectivity index (χ1v) is 7.18. The smallest absolute Gasteiger partial charge is 0.134 e. The molecule has 0 radical (unpaired) electrons. The number of fused-ring (bicyclic) bond motifs is 1. The van der Waals surface area contributed by atoms with Crippen LogP contribution in [0.15, 0.2) is 41.0 Å². The Morgan fingerprint density at radius 2 is 2.19 bits per heavy atom. The second-order valence-electron chi connectivity index (χ2n) is 5.20. The number of furan rings is 1. The zero-order valence-electron chi connectivity index (χ0n) is 12.3. The highest BCUT2D eigenvalue weighted by Gasteiger charge is 2.18. The Morgan fingerprint density at radius 3 is 2.95 bits per heavy atom. The first-order chi connectivity index (χ1) is 10.2. The number of hydrogen-bond acceptors (Lipinski definition) is 4. The van der Waals surface area contributed by atoms with E-state index in [0.717, 1.165) is 35.2 Å². The van der Waals surface area contributed by atoms with Gasteiger partial charge in [-0.15, -0.1) is 0 Å². The van der Waals surface area contributed by atoms with Gasteiger partial charge in [0.15, 0.2) is 0 Å². The van der Waals surface area contributed by atoms with Crippen LogP contribution in [0.2, 0.25) is 0 Å². The van der Waals surface area contributed by atoms with E-state index in [9.17, 15) is 0 Å². The minimum absolute atomic E-state index is 0.00458. The number of para-hydroxylation sites is 1. The van der Waals surface area contributed by atoms with Crippen LogP contribution in [0.4, 0.5) is 0 Å². The monoisotopic (exact) mass is 284 g/mol. The summed E-state index contributed by atoms with van der Waals surface area (Å²) in [5.41, 5.74) is 7.06. The summed E-state index contributed by atoms with van der Waals surface area (Å²) in [7, 11) is 0. The molecule has 0 spiro atoms. The molecule has 110 valence electrons. The maximum absolute atomic E-state index is 5.78. The number of nitrogens with zero attached hydrogens (tertiary/aromatic N) is 2. The van der Waals surface area contributed by atoms with Gasteiger partial charge >= 0.3 is 0 Å². The fourth-order valence-corrected chi connectivity index (χ4v) is 2.77. The summed E-state index contributed by atoms with van der Waals surface area (Å²) in [4.78, 5) is 0. The van der Waals surface area contributed by atoms with Gasteiger partial charge in [0.1, 0.15) is 5.58 Å². The normalized spacial score (nSPS) is 12.9. The molecule has 3 N–H and O–H groups in total. The molecule has 0 fully saturated rings. The van der Waals surface area contributed by atoms with E-state index < -0.39 is 0 Å². The molecule has 0 bridgehead atoms. The van der Waals surface area contributed by atoms with Crippen LogP contribution in [-0.2, 0) is 13.0 Å². The third kappa shape index (κ3) is 2.57. The summed E-state index contributed by atoms with van der Waals surface area (Å²) < 4.78 is 7.63. The van der Waals surface area contributed by atoms with Crippen molar-refractivity contribution in [2.24, 2.45) is 5.84 Å². The molecule has 0 amide bonds. The van der Waals surface area contributed by atoms with Crippen molar-refractivity contribution in [3.63, 3.8) is 0 Å². The molecule has 0 aliphatic heterocycles. The molecular formula is C16H20N4O. The fourth-order valence-electron chi connectivity index (χ4n) is 2.77. The number of hydrogen-bond donors (Lipinski definition) is 2. The summed E-state index contributed by atoms with van der Waals surface area (Å²) in [5, 5.41) is 5.58. The van der Waals surface area contributed by atoms with Gasteiger partial charge in [0.05, 0.1) is 18.0 Å². The van der Waals surface area contributed by atoms with Crippen molar-refractivity contribution >= 4 is 11.0 Å². The lowest BCUT2D eigenvalue weighted by Crippen LogP contribution is -2.30. The van der Waals surface area contributed by atoms with E-state index in [1.807, 2.05) is 29.8 Å². The van der Waals surface area contributed by atoms with Gasteiger partial charge in [-0.25, -0.2) is 0 Å². The van der Waals surface area contributed by atoms with E-state index in [-0.39, 0.29) is 6.04 Å². The molecule has 1 aromatic carbocycles. The molecule has 2 heterocycles. The van der Waals surface area contributed by atoms with Crippen molar-refractivity contribution in [3.8, 4) is 0 Å². The summed E-state index contributed by atoms with van der Waals surface area (Å²) in [6.07, 6.45) is 2.56. The van der Waals surface area contributed by atoms with Crippen LogP contribution in [0.25, 0.3) is 11.0 Å². The lowest BCUT2D eigenvalue weighted by atomic mass is 10.0. The topological polar surface area (TPSA) is 69.0 Å². The molecule has 0 saturated heterocycles. The van der Waals surface area contributed by atoms with E-state index in [1.54, 1.807) is 6.26 Å². The first kappa shape index (κ1) is 13.9. The lowest BCUT2D eigenvalue weighted by Gasteiger charge is -2.15. The standard InChI is InChI=1S/C16H20N4O/c1-3-20-12(8-11(2)19-20)9-15(18-17)14-10-21-16-7-5-4-6-13(14)16/h4-8,10,15,18H,3,9,17H2,1-2H3. The number of benzene rings is 1. The van der Waals surface area contributed by atoms with Crippen LogP contribution in [-0.4, -0.2) is 9.78 Å². The fraction of sp³-hybridized carbons (Fsp3) is 0.312. The van der Waals surface area contributed by atoms with Gasteiger partial charge in [-0.1, -0.05) is 18.2 Å². The van der Waals surface area contributed by atoms with Gasteiger partial charge in [-0.3, -0.25) is 16.0 Å². The highest BCUT2D eigenvalue weighted by molar-refractivity contribution is 5.81. The van der Waals surface area contributed by atoms with E-state index in [2.05, 4.69) is 29.6 Å². The average molecular weight is 284 g/mol. The average Bonchev–Trinajstić information content (AvgIpc) is 3.08. The number of rotatable bonds is 5. The van der Waals surface area contributed by atoms with Crippen LogP contribution < -0.4 is 11.3 Å². The number of nitrogens with one attached hydrogen (secondary N) is 1. The summed E-state index contributed by atoms with van der Waals surface area (Å²) >= 11 is 0. The number of nitrogens with two attached hydrogens (primary N) is 1. The van der Waals surface area contributed by atoms with Crippen molar-refractivity contribution < 1.29 is 4.42 Å². The van der Waals surface area contributed by atoms with Crippen LogP contribution in [0.5, 0.6) is 0 Å². The Labute approximate surface area is 123 Å². The zero-order chi connectivity index (χ0) is 14.8. The van der Waals surface area contributed by atoms with Crippen molar-refractivity contribution in [2.45, 2.75) is 32.9 Å². The molecule has 0 aliphatic carbocycles. The minimum atomic E-state index is -0.00458. The molecule has 1 unspecified atom stereocenters. The Bertz CT molecular complexity index is 744. The maximum atomic E-state index is 5.78. The summed E-state index contributed by atoms with van der Waals surface area (Å²) in [6.45, 7) is 4.95. The van der Waals surface area contributed by atoms with Crippen LogP contribution in [0.3, 0.4) is 0 Å². The number of hydrazine groups is 1. The van der Waals surface area contributed by atoms with Crippen molar-refractivity contribution in [1.29, 1.82) is 0 Å². The Kier molecular flexibility index (Phi) is 3.77. The largest absolute Gasteiger partial charge is 0.464 e. The molecular weight excluding hydrogens is 264 g/mol. The minimum Gasteiger partial charge on any atom is -0.464 e. The highest BCUT2D eigenvalue weighted by atomic mass is 16.3. The van der Waals surface area contributed by atoms with Crippen molar-refractivity contribution in [3.05, 3.63) is 53.5 Å². The molecule has 3 rings (SSSR count). The van der Waals surface area contributed by atoms with Gasteiger partial charge < -0.3 is 4.42 Å². The number of aromatic nitrogens is 2. The Hall–Kier alpha value is -2.11. The SMILES string of the molecule is CCn1nc(C)cc1CC(NN)c1coc2ccccc12. The molecule has 2 aromatic heterocycles. The number of aryl methyl sites for hydroxylation is 2. The predicted molar refractivity (Wildman–Crippen MR) is 82.6 cm³/mol. The van der Waals surface area contributed by atoms with E-state index >= 15 is 0 Å². The van der Waals surface area contributed by atoms with Crippen LogP contribution >= 0.6 is 0 Å².